The number of hydrogen-bond donors (Lipinski definition) is 0. The highest BCUT2D eigenvalue weighted by Crippen LogP contribution is 2.27. The highest BCUT2D eigenvalue weighted by Gasteiger charge is 2.07. The average Bonchev–Trinajstić information content (AvgIpc) is 2.33. The van der Waals surface area contributed by atoms with Crippen LogP contribution in [-0.4, -0.2) is 0 Å². The molecule has 0 aromatic heterocycles. The largest absolute Gasteiger partial charge is 0.0871 e. The van der Waals surface area contributed by atoms with Gasteiger partial charge in [-0.1, -0.05) is 36.3 Å². The maximum atomic E-state index is 2.31. The lowest BCUT2D eigenvalue weighted by Crippen LogP contribution is -1.74. The molecule has 0 nitrogen and oxygen atoms in total. The standard InChI is InChI=1S/C11H16/c1-4-6-11-8-10(5-2)7-9(11)3/h4,6,8H,5,7H2,1-3H3. The van der Waals surface area contributed by atoms with E-state index in [1.165, 1.54) is 24.0 Å². The lowest BCUT2D eigenvalue weighted by molar-refractivity contribution is 1.01. The van der Waals surface area contributed by atoms with Crippen molar-refractivity contribution in [3.63, 3.8) is 0 Å². The van der Waals surface area contributed by atoms with Crippen LogP contribution in [0.25, 0.3) is 0 Å². The van der Waals surface area contributed by atoms with E-state index in [2.05, 4.69) is 39.0 Å². The molecule has 0 heterocycles. The van der Waals surface area contributed by atoms with Gasteiger partial charge in [0.1, 0.15) is 0 Å². The van der Waals surface area contributed by atoms with E-state index < -0.39 is 0 Å². The van der Waals surface area contributed by atoms with Gasteiger partial charge in [0.2, 0.25) is 0 Å². The van der Waals surface area contributed by atoms with E-state index in [0.29, 0.717) is 0 Å². The molecule has 0 heteroatoms. The summed E-state index contributed by atoms with van der Waals surface area (Å²) >= 11 is 0. The summed E-state index contributed by atoms with van der Waals surface area (Å²) in [6.45, 7) is 6.50. The van der Waals surface area contributed by atoms with Gasteiger partial charge >= 0.3 is 0 Å². The zero-order chi connectivity index (χ0) is 8.27. The van der Waals surface area contributed by atoms with E-state index in [1.807, 2.05) is 0 Å². The van der Waals surface area contributed by atoms with Gasteiger partial charge in [-0.2, -0.15) is 0 Å². The summed E-state index contributed by atoms with van der Waals surface area (Å²) in [6.07, 6.45) is 9.00. The smallest absolute Gasteiger partial charge is 0.00990 e. The van der Waals surface area contributed by atoms with Crippen molar-refractivity contribution in [3.05, 3.63) is 34.9 Å². The van der Waals surface area contributed by atoms with Gasteiger partial charge in [-0.05, 0) is 32.3 Å². The van der Waals surface area contributed by atoms with Gasteiger partial charge in [-0.15, -0.1) is 0 Å². The molecule has 0 spiro atoms. The number of allylic oxidation sites excluding steroid dienone is 6. The first-order chi connectivity index (χ1) is 5.27. The fourth-order valence-electron chi connectivity index (χ4n) is 1.43. The van der Waals surface area contributed by atoms with Crippen LogP contribution in [0, 0.1) is 0 Å². The zero-order valence-electron chi connectivity index (χ0n) is 7.65. The molecule has 11 heavy (non-hydrogen) atoms. The van der Waals surface area contributed by atoms with Crippen molar-refractivity contribution in [2.45, 2.75) is 33.6 Å². The monoisotopic (exact) mass is 148 g/mol. The van der Waals surface area contributed by atoms with E-state index >= 15 is 0 Å². The predicted octanol–water partition coefficient (Wildman–Crippen LogP) is 3.62. The minimum absolute atomic E-state index is 1.19. The summed E-state index contributed by atoms with van der Waals surface area (Å²) in [5, 5.41) is 0. The highest BCUT2D eigenvalue weighted by molar-refractivity contribution is 5.44. The van der Waals surface area contributed by atoms with E-state index in [9.17, 15) is 0 Å². The minimum atomic E-state index is 1.19. The summed E-state index contributed by atoms with van der Waals surface area (Å²) in [6, 6.07) is 0. The predicted molar refractivity (Wildman–Crippen MR) is 50.5 cm³/mol. The molecule has 0 unspecified atom stereocenters. The Hall–Kier alpha value is -0.780. The molecule has 0 atom stereocenters. The third kappa shape index (κ3) is 1.83. The van der Waals surface area contributed by atoms with Gasteiger partial charge in [0, 0.05) is 0 Å². The molecule has 0 fully saturated rings. The van der Waals surface area contributed by atoms with E-state index in [1.54, 1.807) is 5.57 Å². The van der Waals surface area contributed by atoms with Crippen LogP contribution in [0.3, 0.4) is 0 Å². The van der Waals surface area contributed by atoms with Crippen molar-refractivity contribution in [3.8, 4) is 0 Å². The Morgan fingerprint density at radius 3 is 2.73 bits per heavy atom. The molecule has 0 N–H and O–H groups in total. The van der Waals surface area contributed by atoms with E-state index in [-0.39, 0.29) is 0 Å². The SMILES string of the molecule is CC=CC1=C(C)CC(CC)=C1. The minimum Gasteiger partial charge on any atom is -0.0871 e. The topological polar surface area (TPSA) is 0 Å². The summed E-state index contributed by atoms with van der Waals surface area (Å²) in [7, 11) is 0. The van der Waals surface area contributed by atoms with Crippen molar-refractivity contribution < 1.29 is 0 Å². The Kier molecular flexibility index (Phi) is 2.70. The second-order valence-corrected chi connectivity index (χ2v) is 3.07. The Labute approximate surface area is 69.3 Å². The van der Waals surface area contributed by atoms with Crippen LogP contribution in [0.5, 0.6) is 0 Å². The lowest BCUT2D eigenvalue weighted by Gasteiger charge is -1.94. The Bertz CT molecular complexity index is 226. The first-order valence-electron chi connectivity index (χ1n) is 4.29. The second-order valence-electron chi connectivity index (χ2n) is 3.07. The Morgan fingerprint density at radius 1 is 1.55 bits per heavy atom. The summed E-state index contributed by atoms with van der Waals surface area (Å²) in [5.74, 6) is 0. The molecule has 0 radical (unpaired) electrons. The average molecular weight is 148 g/mol. The van der Waals surface area contributed by atoms with Crippen molar-refractivity contribution in [1.82, 2.24) is 0 Å². The molecule has 0 aromatic rings. The van der Waals surface area contributed by atoms with Gasteiger partial charge < -0.3 is 0 Å². The fourth-order valence-corrected chi connectivity index (χ4v) is 1.43. The molecule has 1 aliphatic rings. The molecule has 60 valence electrons. The van der Waals surface area contributed by atoms with Crippen LogP contribution in [0.2, 0.25) is 0 Å². The van der Waals surface area contributed by atoms with Crippen molar-refractivity contribution in [1.29, 1.82) is 0 Å². The fraction of sp³-hybridized carbons (Fsp3) is 0.455. The summed E-state index contributed by atoms with van der Waals surface area (Å²) < 4.78 is 0. The molecule has 1 aliphatic carbocycles. The Balaban J connectivity index is 2.76. The quantitative estimate of drug-likeness (QED) is 0.561. The number of hydrogen-bond acceptors (Lipinski definition) is 0. The Morgan fingerprint density at radius 2 is 2.27 bits per heavy atom. The van der Waals surface area contributed by atoms with Crippen molar-refractivity contribution in [2.75, 3.05) is 0 Å². The molecule has 0 bridgehead atoms. The van der Waals surface area contributed by atoms with Gasteiger partial charge in [0.15, 0.2) is 0 Å². The molecule has 0 aromatic carbocycles. The van der Waals surface area contributed by atoms with Crippen molar-refractivity contribution >= 4 is 0 Å². The van der Waals surface area contributed by atoms with Crippen LogP contribution in [0.4, 0.5) is 0 Å². The van der Waals surface area contributed by atoms with Crippen LogP contribution < -0.4 is 0 Å². The number of rotatable bonds is 2. The second kappa shape index (κ2) is 3.56. The third-order valence-electron chi connectivity index (χ3n) is 2.15. The van der Waals surface area contributed by atoms with Gasteiger partial charge in [-0.25, -0.2) is 0 Å². The van der Waals surface area contributed by atoms with E-state index in [4.69, 9.17) is 0 Å². The summed E-state index contributed by atoms with van der Waals surface area (Å²) in [4.78, 5) is 0. The first kappa shape index (κ1) is 8.32. The maximum Gasteiger partial charge on any atom is -0.00990 e. The van der Waals surface area contributed by atoms with Crippen LogP contribution in [0.15, 0.2) is 34.9 Å². The molecule has 0 aliphatic heterocycles. The molecule has 0 saturated heterocycles. The van der Waals surface area contributed by atoms with Gasteiger partial charge in [-0.3, -0.25) is 0 Å². The normalized spacial score (nSPS) is 18.3. The van der Waals surface area contributed by atoms with Gasteiger partial charge in [0.05, 0.1) is 0 Å². The molecule has 1 rings (SSSR count). The molecule has 0 amide bonds. The van der Waals surface area contributed by atoms with Crippen LogP contribution in [-0.2, 0) is 0 Å². The van der Waals surface area contributed by atoms with Crippen molar-refractivity contribution in [2.24, 2.45) is 0 Å². The van der Waals surface area contributed by atoms with Crippen LogP contribution >= 0.6 is 0 Å². The molecular formula is C11H16. The lowest BCUT2D eigenvalue weighted by atomic mass is 10.1. The third-order valence-corrected chi connectivity index (χ3v) is 2.15. The molecule has 0 saturated carbocycles. The molecular weight excluding hydrogens is 132 g/mol. The van der Waals surface area contributed by atoms with Gasteiger partial charge in [0.25, 0.3) is 0 Å². The van der Waals surface area contributed by atoms with E-state index in [0.717, 1.165) is 0 Å². The summed E-state index contributed by atoms with van der Waals surface area (Å²) in [5.41, 5.74) is 4.50. The first-order valence-corrected chi connectivity index (χ1v) is 4.29. The van der Waals surface area contributed by atoms with Crippen LogP contribution in [0.1, 0.15) is 33.6 Å². The zero-order valence-corrected chi connectivity index (χ0v) is 7.65. The highest BCUT2D eigenvalue weighted by atomic mass is 14.1. The maximum absolute atomic E-state index is 2.31.